The number of aliphatic carboxylic acids is 1. The van der Waals surface area contributed by atoms with Gasteiger partial charge in [-0.15, -0.1) is 0 Å². The van der Waals surface area contributed by atoms with E-state index in [-0.39, 0.29) is 5.69 Å². The van der Waals surface area contributed by atoms with Crippen molar-refractivity contribution in [3.63, 3.8) is 0 Å². The number of aromatic nitrogens is 1. The van der Waals surface area contributed by atoms with E-state index in [0.29, 0.717) is 17.9 Å². The highest BCUT2D eigenvalue weighted by Crippen LogP contribution is 2.26. The molecule has 7 heteroatoms. The molecule has 0 radical (unpaired) electrons. The summed E-state index contributed by atoms with van der Waals surface area (Å²) in [5, 5.41) is 20.0. The molecule has 1 N–H and O–H groups in total. The van der Waals surface area contributed by atoms with Gasteiger partial charge in [-0.2, -0.15) is 0 Å². The van der Waals surface area contributed by atoms with Crippen LogP contribution in [0.3, 0.4) is 0 Å². The molecule has 0 spiro atoms. The fourth-order valence-electron chi connectivity index (χ4n) is 1.83. The number of hydrogen-bond donors (Lipinski definition) is 1. The molecule has 0 atom stereocenters. The Morgan fingerprint density at radius 3 is 2.53 bits per heavy atom. The summed E-state index contributed by atoms with van der Waals surface area (Å²) in [5.74, 6) is -0.565. The third-order valence-electron chi connectivity index (χ3n) is 3.06. The molecule has 1 aromatic heterocycles. The molecule has 0 unspecified atom stereocenters. The van der Waals surface area contributed by atoms with Gasteiger partial charge in [-0.25, -0.2) is 9.78 Å². The Balaban J connectivity index is 3.25. The first-order chi connectivity index (χ1) is 8.71. The summed E-state index contributed by atoms with van der Waals surface area (Å²) in [4.78, 5) is 27.1. The molecule has 1 aromatic rings. The van der Waals surface area contributed by atoms with Crippen molar-refractivity contribution in [2.24, 2.45) is 0 Å². The van der Waals surface area contributed by atoms with Gasteiger partial charge in [0.1, 0.15) is 17.6 Å². The molecule has 19 heavy (non-hydrogen) atoms. The maximum absolute atomic E-state index is 11.3. The van der Waals surface area contributed by atoms with Crippen molar-refractivity contribution in [3.8, 4) is 0 Å². The summed E-state index contributed by atoms with van der Waals surface area (Å²) < 4.78 is 0. The second-order valence-electron chi connectivity index (χ2n) is 4.69. The lowest BCUT2D eigenvalue weighted by Crippen LogP contribution is -2.50. The molecular formula is C12H17N3O4. The number of anilines is 1. The van der Waals surface area contributed by atoms with Crippen molar-refractivity contribution in [3.05, 3.63) is 27.9 Å². The Bertz CT molecular complexity index is 514. The van der Waals surface area contributed by atoms with Crippen molar-refractivity contribution in [1.82, 2.24) is 4.98 Å². The molecule has 0 aliphatic rings. The smallest absolute Gasteiger partial charge is 0.328 e. The number of hydrogen-bond acceptors (Lipinski definition) is 5. The Kier molecular flexibility index (Phi) is 4.08. The molecule has 0 fully saturated rings. The lowest BCUT2D eigenvalue weighted by atomic mass is 10.0. The minimum atomic E-state index is -1.13. The molecule has 104 valence electrons. The zero-order chi connectivity index (χ0) is 14.8. The third kappa shape index (κ3) is 2.81. The van der Waals surface area contributed by atoms with Crippen LogP contribution in [0, 0.1) is 17.0 Å². The van der Waals surface area contributed by atoms with Crippen LogP contribution in [0.4, 0.5) is 11.5 Å². The van der Waals surface area contributed by atoms with Crippen molar-refractivity contribution in [2.75, 3.05) is 11.4 Å². The van der Waals surface area contributed by atoms with E-state index in [1.807, 2.05) is 6.92 Å². The van der Waals surface area contributed by atoms with E-state index in [1.54, 1.807) is 25.7 Å². The summed E-state index contributed by atoms with van der Waals surface area (Å²) in [6.45, 7) is 6.98. The fourth-order valence-corrected chi connectivity index (χ4v) is 1.83. The van der Waals surface area contributed by atoms with Crippen molar-refractivity contribution < 1.29 is 14.8 Å². The van der Waals surface area contributed by atoms with E-state index >= 15 is 0 Å². The molecule has 7 nitrogen and oxygen atoms in total. The van der Waals surface area contributed by atoms with E-state index < -0.39 is 16.4 Å². The van der Waals surface area contributed by atoms with Crippen LogP contribution in [0.2, 0.25) is 0 Å². The molecule has 0 amide bonds. The third-order valence-corrected chi connectivity index (χ3v) is 3.06. The second kappa shape index (κ2) is 5.21. The van der Waals surface area contributed by atoms with Crippen molar-refractivity contribution in [1.29, 1.82) is 0 Å². The van der Waals surface area contributed by atoms with Gasteiger partial charge in [-0.3, -0.25) is 10.1 Å². The molecule has 0 aliphatic heterocycles. The topological polar surface area (TPSA) is 96.6 Å². The summed E-state index contributed by atoms with van der Waals surface area (Å²) in [7, 11) is 0. The molecule has 1 heterocycles. The highest BCUT2D eigenvalue weighted by atomic mass is 16.6. The van der Waals surface area contributed by atoms with Crippen molar-refractivity contribution >= 4 is 17.5 Å². The van der Waals surface area contributed by atoms with Crippen LogP contribution >= 0.6 is 0 Å². The summed E-state index contributed by atoms with van der Waals surface area (Å²) in [6.07, 6.45) is 1.16. The Morgan fingerprint density at radius 1 is 1.58 bits per heavy atom. The number of carboxylic acids is 1. The minimum Gasteiger partial charge on any atom is -0.480 e. The minimum absolute atomic E-state index is 0.0760. The largest absolute Gasteiger partial charge is 0.480 e. The van der Waals surface area contributed by atoms with Gasteiger partial charge in [0.05, 0.1) is 4.92 Å². The van der Waals surface area contributed by atoms with Gasteiger partial charge in [-0.05, 0) is 33.8 Å². The number of carbonyl (C=O) groups is 1. The molecule has 0 bridgehead atoms. The fraction of sp³-hybridized carbons (Fsp3) is 0.500. The molecule has 0 saturated heterocycles. The van der Waals surface area contributed by atoms with Crippen molar-refractivity contribution in [2.45, 2.75) is 33.2 Å². The first-order valence-corrected chi connectivity index (χ1v) is 5.83. The number of likely N-dealkylation sites (N-methyl/N-ethyl adjacent to an activating group) is 1. The number of nitrogens with zero attached hydrogens (tertiary/aromatic N) is 3. The van der Waals surface area contributed by atoms with Crippen LogP contribution in [0.25, 0.3) is 0 Å². The first kappa shape index (κ1) is 14.9. The van der Waals surface area contributed by atoms with Gasteiger partial charge in [0, 0.05) is 12.1 Å². The van der Waals surface area contributed by atoms with Gasteiger partial charge in [0.25, 0.3) is 5.69 Å². The lowest BCUT2D eigenvalue weighted by Gasteiger charge is -2.35. The maximum atomic E-state index is 11.3. The number of pyridine rings is 1. The molecule has 0 aliphatic carbocycles. The van der Waals surface area contributed by atoms with Gasteiger partial charge in [0.15, 0.2) is 0 Å². The van der Waals surface area contributed by atoms with E-state index in [9.17, 15) is 20.0 Å². The van der Waals surface area contributed by atoms with Gasteiger partial charge < -0.3 is 10.0 Å². The predicted octanol–water partition coefficient (Wildman–Crippen LogP) is 1.99. The number of rotatable bonds is 5. The number of aryl methyl sites for hydroxylation is 1. The van der Waals surface area contributed by atoms with Crippen LogP contribution in [0.15, 0.2) is 12.3 Å². The van der Waals surface area contributed by atoms with E-state index in [2.05, 4.69) is 4.98 Å². The Morgan fingerprint density at radius 2 is 2.16 bits per heavy atom. The first-order valence-electron chi connectivity index (χ1n) is 5.83. The van der Waals surface area contributed by atoms with E-state index in [0.717, 1.165) is 6.20 Å². The predicted molar refractivity (Wildman–Crippen MR) is 70.4 cm³/mol. The Labute approximate surface area is 111 Å². The quantitative estimate of drug-likeness (QED) is 0.647. The SMILES string of the molecule is CCN(c1cc(C)c([N+](=O)[O-])cn1)C(C)(C)C(=O)O. The second-order valence-corrected chi connectivity index (χ2v) is 4.69. The maximum Gasteiger partial charge on any atom is 0.328 e. The lowest BCUT2D eigenvalue weighted by molar-refractivity contribution is -0.385. The zero-order valence-corrected chi connectivity index (χ0v) is 11.4. The summed E-state index contributed by atoms with van der Waals surface area (Å²) >= 11 is 0. The molecule has 1 rings (SSSR count). The van der Waals surface area contributed by atoms with E-state index in [4.69, 9.17) is 0 Å². The highest BCUT2D eigenvalue weighted by molar-refractivity contribution is 5.82. The van der Waals surface area contributed by atoms with Crippen LogP contribution in [0.1, 0.15) is 26.3 Å². The normalized spacial score (nSPS) is 11.2. The molecular weight excluding hydrogens is 250 g/mol. The standard InChI is InChI=1S/C12H17N3O4/c1-5-14(12(3,4)11(16)17)10-6-8(2)9(7-13-10)15(18)19/h6-7H,5H2,1-4H3,(H,16,17). The average Bonchev–Trinajstić information content (AvgIpc) is 2.28. The highest BCUT2D eigenvalue weighted by Gasteiger charge is 2.35. The van der Waals surface area contributed by atoms with Crippen LogP contribution in [0.5, 0.6) is 0 Å². The average molecular weight is 267 g/mol. The summed E-state index contributed by atoms with van der Waals surface area (Å²) in [6, 6.07) is 1.53. The van der Waals surface area contributed by atoms with E-state index in [1.165, 1.54) is 6.07 Å². The number of nitro groups is 1. The zero-order valence-electron chi connectivity index (χ0n) is 11.4. The van der Waals surface area contributed by atoms with Gasteiger partial charge in [0.2, 0.25) is 0 Å². The molecule has 0 saturated carbocycles. The summed E-state index contributed by atoms with van der Waals surface area (Å²) in [5.41, 5.74) is -0.757. The van der Waals surface area contributed by atoms with Crippen LogP contribution in [-0.2, 0) is 4.79 Å². The van der Waals surface area contributed by atoms with Gasteiger partial charge in [-0.1, -0.05) is 0 Å². The van der Waals surface area contributed by atoms with Crippen LogP contribution < -0.4 is 4.90 Å². The Hall–Kier alpha value is -2.18. The number of carboxylic acid groups (broad SMARTS) is 1. The van der Waals surface area contributed by atoms with Crippen LogP contribution in [-0.4, -0.2) is 33.1 Å². The van der Waals surface area contributed by atoms with Gasteiger partial charge >= 0.3 is 5.97 Å². The monoisotopic (exact) mass is 267 g/mol. The molecule has 0 aromatic carbocycles.